The first-order valence-corrected chi connectivity index (χ1v) is 6.27. The van der Waals surface area contributed by atoms with Crippen LogP contribution >= 0.6 is 0 Å². The number of carbonyl (C=O) groups is 2. The molecule has 1 N–H and O–H groups in total. The second-order valence-electron chi connectivity index (χ2n) is 4.16. The summed E-state index contributed by atoms with van der Waals surface area (Å²) in [5, 5.41) is 2.55. The smallest absolute Gasteiger partial charge is 0.354 e. The maximum Gasteiger partial charge on any atom is 0.354 e. The van der Waals surface area contributed by atoms with E-state index in [1.54, 1.807) is 48.8 Å². The van der Waals surface area contributed by atoms with E-state index in [0.717, 1.165) is 0 Å². The summed E-state index contributed by atoms with van der Waals surface area (Å²) in [4.78, 5) is 27.8. The van der Waals surface area contributed by atoms with Gasteiger partial charge in [0.25, 0.3) is 5.91 Å². The van der Waals surface area contributed by atoms with Gasteiger partial charge in [0.15, 0.2) is 0 Å². The van der Waals surface area contributed by atoms with Gasteiger partial charge in [0.05, 0.1) is 7.11 Å². The summed E-state index contributed by atoms with van der Waals surface area (Å²) < 4.78 is 4.68. The summed E-state index contributed by atoms with van der Waals surface area (Å²) in [6, 6.07) is 12.1. The van der Waals surface area contributed by atoms with Crippen LogP contribution in [0.4, 0.5) is 0 Å². The van der Waals surface area contributed by atoms with Crippen molar-refractivity contribution >= 4 is 18.0 Å². The van der Waals surface area contributed by atoms with Gasteiger partial charge in [-0.3, -0.25) is 9.78 Å². The summed E-state index contributed by atoms with van der Waals surface area (Å²) in [5.74, 6) is -1.00. The van der Waals surface area contributed by atoms with Crippen LogP contribution in [-0.4, -0.2) is 24.0 Å². The lowest BCUT2D eigenvalue weighted by atomic mass is 10.2. The van der Waals surface area contributed by atoms with Gasteiger partial charge in [-0.25, -0.2) is 4.79 Å². The molecule has 0 aliphatic heterocycles. The second-order valence-corrected chi connectivity index (χ2v) is 4.16. The third-order valence-corrected chi connectivity index (χ3v) is 2.68. The molecule has 1 aromatic heterocycles. The van der Waals surface area contributed by atoms with Crippen LogP contribution in [0.1, 0.15) is 15.9 Å². The molecule has 1 aromatic carbocycles. The Bertz CT molecular complexity index is 652. The largest absolute Gasteiger partial charge is 0.464 e. The molecule has 1 heterocycles. The van der Waals surface area contributed by atoms with Crippen LogP contribution in [0.3, 0.4) is 0 Å². The molecule has 0 spiro atoms. The Hall–Kier alpha value is -2.95. The molecular weight excluding hydrogens is 268 g/mol. The highest BCUT2D eigenvalue weighted by Crippen LogP contribution is 2.06. The zero-order valence-electron chi connectivity index (χ0n) is 11.4. The van der Waals surface area contributed by atoms with Crippen molar-refractivity contribution in [3.8, 4) is 0 Å². The van der Waals surface area contributed by atoms with Crippen LogP contribution < -0.4 is 5.32 Å². The zero-order valence-corrected chi connectivity index (χ0v) is 11.4. The molecule has 0 saturated heterocycles. The fourth-order valence-corrected chi connectivity index (χ4v) is 1.67. The Morgan fingerprint density at radius 3 is 2.52 bits per heavy atom. The van der Waals surface area contributed by atoms with Gasteiger partial charge in [-0.05, 0) is 29.8 Å². The molecule has 5 nitrogen and oxygen atoms in total. The van der Waals surface area contributed by atoms with Crippen molar-refractivity contribution in [2.45, 2.75) is 0 Å². The van der Waals surface area contributed by atoms with Crippen LogP contribution in [0.15, 0.2) is 60.6 Å². The van der Waals surface area contributed by atoms with E-state index in [1.807, 2.05) is 6.07 Å². The second kappa shape index (κ2) is 7.00. The van der Waals surface area contributed by atoms with Crippen molar-refractivity contribution in [3.05, 3.63) is 71.7 Å². The SMILES string of the molecule is COC(=O)C(=Cc1cccnc1)NC(=O)c1ccccc1. The number of hydrogen-bond acceptors (Lipinski definition) is 4. The van der Waals surface area contributed by atoms with Gasteiger partial charge in [0.2, 0.25) is 0 Å². The summed E-state index contributed by atoms with van der Waals surface area (Å²) >= 11 is 0. The number of ether oxygens (including phenoxy) is 1. The molecule has 5 heteroatoms. The van der Waals surface area contributed by atoms with E-state index in [2.05, 4.69) is 15.0 Å². The number of methoxy groups -OCH3 is 1. The first-order valence-electron chi connectivity index (χ1n) is 6.27. The predicted octanol–water partition coefficient (Wildman–Crippen LogP) is 2.03. The monoisotopic (exact) mass is 282 g/mol. The quantitative estimate of drug-likeness (QED) is 0.688. The van der Waals surface area contributed by atoms with Crippen molar-refractivity contribution in [1.82, 2.24) is 10.3 Å². The molecule has 0 aliphatic carbocycles. The number of nitrogens with zero attached hydrogens (tertiary/aromatic N) is 1. The summed E-state index contributed by atoms with van der Waals surface area (Å²) in [5.41, 5.74) is 1.20. The van der Waals surface area contributed by atoms with Gasteiger partial charge in [0, 0.05) is 18.0 Å². The molecule has 106 valence electrons. The fraction of sp³-hybridized carbons (Fsp3) is 0.0625. The van der Waals surface area contributed by atoms with E-state index in [9.17, 15) is 9.59 Å². The number of nitrogens with one attached hydrogen (secondary N) is 1. The molecule has 0 aliphatic rings. The van der Waals surface area contributed by atoms with Crippen LogP contribution in [0.5, 0.6) is 0 Å². The molecular formula is C16H14N2O3. The maximum atomic E-state index is 12.1. The van der Waals surface area contributed by atoms with E-state index < -0.39 is 5.97 Å². The highest BCUT2D eigenvalue weighted by Gasteiger charge is 2.14. The minimum atomic E-state index is -0.622. The molecule has 0 unspecified atom stereocenters. The minimum Gasteiger partial charge on any atom is -0.464 e. The zero-order chi connectivity index (χ0) is 15.1. The lowest BCUT2D eigenvalue weighted by Crippen LogP contribution is -2.28. The molecule has 0 atom stereocenters. The molecule has 0 bridgehead atoms. The van der Waals surface area contributed by atoms with Crippen LogP contribution in [0, 0.1) is 0 Å². The predicted molar refractivity (Wildman–Crippen MR) is 78.1 cm³/mol. The molecule has 21 heavy (non-hydrogen) atoms. The Morgan fingerprint density at radius 2 is 1.90 bits per heavy atom. The lowest BCUT2D eigenvalue weighted by molar-refractivity contribution is -0.136. The Morgan fingerprint density at radius 1 is 1.14 bits per heavy atom. The van der Waals surface area contributed by atoms with Gasteiger partial charge in [0.1, 0.15) is 5.70 Å². The van der Waals surface area contributed by atoms with Crippen molar-refractivity contribution < 1.29 is 14.3 Å². The minimum absolute atomic E-state index is 0.0550. The number of esters is 1. The number of benzene rings is 1. The number of amides is 1. The lowest BCUT2D eigenvalue weighted by Gasteiger charge is -2.08. The van der Waals surface area contributed by atoms with Crippen molar-refractivity contribution in [1.29, 1.82) is 0 Å². The average molecular weight is 282 g/mol. The molecule has 0 fully saturated rings. The van der Waals surface area contributed by atoms with E-state index in [-0.39, 0.29) is 11.6 Å². The van der Waals surface area contributed by atoms with Gasteiger partial charge in [-0.1, -0.05) is 24.3 Å². The number of carbonyl (C=O) groups excluding carboxylic acids is 2. The molecule has 2 rings (SSSR count). The molecule has 1 amide bonds. The fourth-order valence-electron chi connectivity index (χ4n) is 1.67. The van der Waals surface area contributed by atoms with Crippen molar-refractivity contribution in [3.63, 3.8) is 0 Å². The van der Waals surface area contributed by atoms with Gasteiger partial charge in [-0.2, -0.15) is 0 Å². The first kappa shape index (κ1) is 14.5. The van der Waals surface area contributed by atoms with Gasteiger partial charge >= 0.3 is 5.97 Å². The van der Waals surface area contributed by atoms with E-state index in [4.69, 9.17) is 0 Å². The van der Waals surface area contributed by atoms with Crippen LogP contribution in [0.25, 0.3) is 6.08 Å². The summed E-state index contributed by atoms with van der Waals surface area (Å²) in [6.07, 6.45) is 4.72. The third-order valence-electron chi connectivity index (χ3n) is 2.68. The van der Waals surface area contributed by atoms with Gasteiger partial charge in [-0.15, -0.1) is 0 Å². The Labute approximate surface area is 122 Å². The summed E-state index contributed by atoms with van der Waals surface area (Å²) in [6.45, 7) is 0. The molecule has 2 aromatic rings. The van der Waals surface area contributed by atoms with E-state index in [0.29, 0.717) is 11.1 Å². The third kappa shape index (κ3) is 4.01. The number of hydrogen-bond donors (Lipinski definition) is 1. The number of aromatic nitrogens is 1. The standard InChI is InChI=1S/C16H14N2O3/c1-21-16(20)14(10-12-6-5-9-17-11-12)18-15(19)13-7-3-2-4-8-13/h2-11H,1H3,(H,18,19). The van der Waals surface area contributed by atoms with Crippen LogP contribution in [0.2, 0.25) is 0 Å². The average Bonchev–Trinajstić information content (AvgIpc) is 2.55. The topological polar surface area (TPSA) is 68.3 Å². The van der Waals surface area contributed by atoms with E-state index >= 15 is 0 Å². The molecule has 0 saturated carbocycles. The van der Waals surface area contributed by atoms with Crippen molar-refractivity contribution in [2.24, 2.45) is 0 Å². The van der Waals surface area contributed by atoms with E-state index in [1.165, 1.54) is 13.2 Å². The number of rotatable bonds is 4. The molecule has 0 radical (unpaired) electrons. The highest BCUT2D eigenvalue weighted by atomic mass is 16.5. The number of pyridine rings is 1. The first-order chi connectivity index (χ1) is 10.2. The Balaban J connectivity index is 2.24. The normalized spacial score (nSPS) is 10.8. The van der Waals surface area contributed by atoms with Crippen molar-refractivity contribution in [2.75, 3.05) is 7.11 Å². The summed E-state index contributed by atoms with van der Waals surface area (Å²) in [7, 11) is 1.26. The van der Waals surface area contributed by atoms with Crippen LogP contribution in [-0.2, 0) is 9.53 Å². The Kier molecular flexibility index (Phi) is 4.82. The maximum absolute atomic E-state index is 12.1. The van der Waals surface area contributed by atoms with Gasteiger partial charge < -0.3 is 10.1 Å². The highest BCUT2D eigenvalue weighted by molar-refractivity contribution is 6.03.